The zero-order valence-electron chi connectivity index (χ0n) is 26.1. The summed E-state index contributed by atoms with van der Waals surface area (Å²) in [6, 6.07) is 28.2. The number of carboxylic acid groups (broad SMARTS) is 1. The second-order valence-corrected chi connectivity index (χ2v) is 12.6. The van der Waals surface area contributed by atoms with Crippen LogP contribution in [0, 0.1) is 17.2 Å². The molecule has 0 radical (unpaired) electrons. The highest BCUT2D eigenvalue weighted by Gasteiger charge is 2.33. The number of aliphatic carboxylic acids is 1. The molecule has 1 fully saturated rings. The van der Waals surface area contributed by atoms with Gasteiger partial charge in [-0.25, -0.2) is 4.39 Å². The van der Waals surface area contributed by atoms with Gasteiger partial charge >= 0.3 is 5.97 Å². The molecule has 5 nitrogen and oxygen atoms in total. The molecule has 0 amide bonds. The molecule has 0 spiro atoms. The van der Waals surface area contributed by atoms with Gasteiger partial charge in [0, 0.05) is 5.56 Å². The molecule has 1 saturated carbocycles. The van der Waals surface area contributed by atoms with Crippen molar-refractivity contribution in [3.8, 4) is 22.6 Å². The van der Waals surface area contributed by atoms with Gasteiger partial charge in [-0.05, 0) is 94.7 Å². The average molecular weight is 599 g/mol. The summed E-state index contributed by atoms with van der Waals surface area (Å²) in [5.74, 6) is 0.773. The van der Waals surface area contributed by atoms with Crippen molar-refractivity contribution < 1.29 is 28.9 Å². The summed E-state index contributed by atoms with van der Waals surface area (Å²) >= 11 is 0. The maximum Gasteiger partial charge on any atom is 0.303 e. The Morgan fingerprint density at radius 3 is 2.25 bits per heavy atom. The number of halogens is 1. The average Bonchev–Trinajstić information content (AvgIpc) is 3.85. The van der Waals surface area contributed by atoms with E-state index in [9.17, 15) is 14.3 Å². The highest BCUT2D eigenvalue weighted by molar-refractivity contribution is 5.70. The van der Waals surface area contributed by atoms with Crippen molar-refractivity contribution >= 4 is 5.97 Å². The van der Waals surface area contributed by atoms with Crippen molar-refractivity contribution in [2.75, 3.05) is 7.11 Å². The molecule has 4 aromatic rings. The maximum absolute atomic E-state index is 14.8. The number of aliphatic hydroxyl groups is 1. The van der Waals surface area contributed by atoms with Crippen LogP contribution in [0.15, 0.2) is 91.0 Å². The second-order valence-electron chi connectivity index (χ2n) is 12.6. The molecule has 5 rings (SSSR count). The van der Waals surface area contributed by atoms with Crippen molar-refractivity contribution in [3.05, 3.63) is 119 Å². The molecule has 1 aliphatic carbocycles. The van der Waals surface area contributed by atoms with Crippen LogP contribution in [0.25, 0.3) is 11.1 Å². The molecular formula is C38H43FO5. The van der Waals surface area contributed by atoms with E-state index in [4.69, 9.17) is 14.6 Å². The highest BCUT2D eigenvalue weighted by Crippen LogP contribution is 2.45. The number of ether oxygens (including phenoxy) is 2. The highest BCUT2D eigenvalue weighted by atomic mass is 19.1. The Balaban J connectivity index is 0.000000479. The lowest BCUT2D eigenvalue weighted by Gasteiger charge is -2.22. The minimum Gasteiger partial charge on any atom is -0.497 e. The predicted octanol–water partition coefficient (Wildman–Crippen LogP) is 8.82. The Morgan fingerprint density at radius 2 is 1.64 bits per heavy atom. The third-order valence-corrected chi connectivity index (χ3v) is 7.66. The Bertz CT molecular complexity index is 1520. The molecule has 1 atom stereocenters. The van der Waals surface area contributed by atoms with Crippen LogP contribution in [0.2, 0.25) is 0 Å². The van der Waals surface area contributed by atoms with Gasteiger partial charge in [-0.3, -0.25) is 4.79 Å². The first-order valence-electron chi connectivity index (χ1n) is 15.1. The van der Waals surface area contributed by atoms with Gasteiger partial charge in [0.15, 0.2) is 0 Å². The molecule has 6 heteroatoms. The van der Waals surface area contributed by atoms with E-state index in [1.54, 1.807) is 19.2 Å². The van der Waals surface area contributed by atoms with Crippen LogP contribution in [0.1, 0.15) is 68.2 Å². The number of methoxy groups -OCH3 is 1. The third kappa shape index (κ3) is 9.68. The number of carboxylic acids is 1. The molecule has 44 heavy (non-hydrogen) atoms. The van der Waals surface area contributed by atoms with Crippen molar-refractivity contribution in [1.29, 1.82) is 0 Å². The van der Waals surface area contributed by atoms with Crippen molar-refractivity contribution in [1.82, 2.24) is 0 Å². The van der Waals surface area contributed by atoms with Gasteiger partial charge in [0.1, 0.15) is 23.9 Å². The van der Waals surface area contributed by atoms with E-state index in [0.29, 0.717) is 23.8 Å². The summed E-state index contributed by atoms with van der Waals surface area (Å²) in [7, 11) is 1.58. The zero-order chi connectivity index (χ0) is 31.7. The lowest BCUT2D eigenvalue weighted by molar-refractivity contribution is -0.137. The Labute approximate surface area is 260 Å². The number of benzene rings is 4. The first kappa shape index (κ1) is 32.7. The van der Waals surface area contributed by atoms with Crippen molar-refractivity contribution in [2.24, 2.45) is 11.3 Å². The Hall–Kier alpha value is -4.16. The van der Waals surface area contributed by atoms with E-state index < -0.39 is 5.97 Å². The molecule has 0 aliphatic heterocycles. The smallest absolute Gasteiger partial charge is 0.303 e. The van der Waals surface area contributed by atoms with E-state index in [2.05, 4.69) is 26.8 Å². The Kier molecular flexibility index (Phi) is 11.2. The predicted molar refractivity (Wildman–Crippen MR) is 172 cm³/mol. The Morgan fingerprint density at radius 1 is 0.886 bits per heavy atom. The van der Waals surface area contributed by atoms with Crippen LogP contribution in [0.5, 0.6) is 11.5 Å². The van der Waals surface area contributed by atoms with E-state index in [0.717, 1.165) is 52.8 Å². The van der Waals surface area contributed by atoms with E-state index in [-0.39, 0.29) is 30.2 Å². The van der Waals surface area contributed by atoms with Gasteiger partial charge in [-0.1, -0.05) is 81.4 Å². The fourth-order valence-corrected chi connectivity index (χ4v) is 5.38. The fourth-order valence-electron chi connectivity index (χ4n) is 5.38. The fraction of sp³-hybridized carbons (Fsp3) is 0.342. The molecule has 0 aromatic heterocycles. The summed E-state index contributed by atoms with van der Waals surface area (Å²) in [6.07, 6.45) is 3.09. The molecule has 2 N–H and O–H groups in total. The lowest BCUT2D eigenvalue weighted by Crippen LogP contribution is -2.11. The van der Waals surface area contributed by atoms with Crippen LogP contribution in [-0.2, 0) is 24.4 Å². The SMILES string of the molecule is COc1ccc(F)c(-c2ccc(COc3cccc(C(CC(=O)O)C4CC4)c3)cc2CC(C)(C)C)c1.OCc1ccccc1. The van der Waals surface area contributed by atoms with Crippen molar-refractivity contribution in [2.45, 2.75) is 65.6 Å². The second kappa shape index (κ2) is 15.0. The summed E-state index contributed by atoms with van der Waals surface area (Å²) in [4.78, 5) is 11.4. The monoisotopic (exact) mass is 598 g/mol. The standard InChI is InChI=1S/C31H35FO4.C7H8O/c1-31(2,3)18-23-14-20(8-12-26(23)28-16-24(35-4)11-13-29(28)32)19-36-25-7-5-6-22(15-25)27(17-30(33)34)21-9-10-21;8-6-7-4-2-1-3-5-7/h5-8,11-16,21,27H,9-10,17-19H2,1-4H3,(H,33,34);1-5,8H,6H2. The van der Waals surface area contributed by atoms with Crippen LogP contribution in [-0.4, -0.2) is 23.3 Å². The quantitative estimate of drug-likeness (QED) is 0.180. The molecule has 0 heterocycles. The summed E-state index contributed by atoms with van der Waals surface area (Å²) in [5.41, 5.74) is 5.43. The van der Waals surface area contributed by atoms with Gasteiger partial charge in [0.05, 0.1) is 20.1 Å². The van der Waals surface area contributed by atoms with Crippen molar-refractivity contribution in [3.63, 3.8) is 0 Å². The molecule has 4 aromatic carbocycles. The normalized spacial score (nSPS) is 13.4. The summed E-state index contributed by atoms with van der Waals surface area (Å²) in [5, 5.41) is 17.9. The minimum atomic E-state index is -0.767. The topological polar surface area (TPSA) is 76.0 Å². The zero-order valence-corrected chi connectivity index (χ0v) is 26.1. The number of hydrogen-bond donors (Lipinski definition) is 2. The third-order valence-electron chi connectivity index (χ3n) is 7.66. The van der Waals surface area contributed by atoms with Crippen LogP contribution < -0.4 is 9.47 Å². The summed E-state index contributed by atoms with van der Waals surface area (Å²) in [6.45, 7) is 7.01. The lowest BCUT2D eigenvalue weighted by atomic mass is 9.84. The van der Waals surface area contributed by atoms with Gasteiger partial charge in [0.25, 0.3) is 0 Å². The van der Waals surface area contributed by atoms with Gasteiger partial charge < -0.3 is 19.7 Å². The maximum atomic E-state index is 14.8. The largest absolute Gasteiger partial charge is 0.497 e. The molecule has 232 valence electrons. The number of aliphatic hydroxyl groups excluding tert-OH is 1. The van der Waals surface area contributed by atoms with Gasteiger partial charge in [0.2, 0.25) is 0 Å². The van der Waals surface area contributed by atoms with Crippen LogP contribution in [0.4, 0.5) is 4.39 Å². The van der Waals surface area contributed by atoms with Gasteiger partial charge in [-0.2, -0.15) is 0 Å². The van der Waals surface area contributed by atoms with E-state index in [1.165, 1.54) is 6.07 Å². The molecule has 0 saturated heterocycles. The number of hydrogen-bond acceptors (Lipinski definition) is 4. The molecular weight excluding hydrogens is 555 g/mol. The molecule has 0 bridgehead atoms. The molecule has 1 unspecified atom stereocenters. The first-order valence-corrected chi connectivity index (χ1v) is 15.1. The van der Waals surface area contributed by atoms with E-state index in [1.807, 2.05) is 66.7 Å². The number of carbonyl (C=O) groups is 1. The van der Waals surface area contributed by atoms with E-state index >= 15 is 0 Å². The minimum absolute atomic E-state index is 0.0138. The first-order chi connectivity index (χ1) is 21.1. The molecule has 1 aliphatic rings. The van der Waals surface area contributed by atoms with Gasteiger partial charge in [-0.15, -0.1) is 0 Å². The summed E-state index contributed by atoms with van der Waals surface area (Å²) < 4.78 is 26.3. The number of rotatable bonds is 11. The van der Waals surface area contributed by atoms with Crippen LogP contribution in [0.3, 0.4) is 0 Å². The van der Waals surface area contributed by atoms with Crippen LogP contribution >= 0.6 is 0 Å².